The average molecular weight is 331 g/mol. The lowest BCUT2D eigenvalue weighted by Crippen LogP contribution is -2.16. The SMILES string of the molecule is Cc1ccc(C(N)=O)c(OS(=O)(=O)c2ccc3c(c2)CCC3)c1. The molecular formula is C17H17NO4S. The zero-order valence-electron chi connectivity index (χ0n) is 12.7. The Bertz CT molecular complexity index is 887. The van der Waals surface area contributed by atoms with Gasteiger partial charge in [-0.25, -0.2) is 0 Å². The van der Waals surface area contributed by atoms with Crippen LogP contribution in [0, 0.1) is 6.92 Å². The molecule has 0 saturated carbocycles. The van der Waals surface area contributed by atoms with Crippen LogP contribution in [0.2, 0.25) is 0 Å². The third-order valence-corrected chi connectivity index (χ3v) is 5.19. The molecule has 0 aliphatic heterocycles. The van der Waals surface area contributed by atoms with Gasteiger partial charge in [0.1, 0.15) is 4.90 Å². The summed E-state index contributed by atoms with van der Waals surface area (Å²) in [6, 6.07) is 9.64. The molecule has 0 bridgehead atoms. The second kappa shape index (κ2) is 5.70. The maximum Gasteiger partial charge on any atom is 0.339 e. The van der Waals surface area contributed by atoms with E-state index in [1.165, 1.54) is 17.7 Å². The predicted molar refractivity (Wildman–Crippen MR) is 86.0 cm³/mol. The number of benzene rings is 2. The van der Waals surface area contributed by atoms with Gasteiger partial charge in [-0.2, -0.15) is 8.42 Å². The first-order chi connectivity index (χ1) is 10.9. The van der Waals surface area contributed by atoms with Crippen molar-refractivity contribution in [2.75, 3.05) is 0 Å². The monoisotopic (exact) mass is 331 g/mol. The zero-order chi connectivity index (χ0) is 16.6. The van der Waals surface area contributed by atoms with E-state index in [2.05, 4.69) is 0 Å². The molecule has 0 radical (unpaired) electrons. The van der Waals surface area contributed by atoms with Crippen molar-refractivity contribution in [2.24, 2.45) is 5.73 Å². The molecule has 5 nitrogen and oxygen atoms in total. The van der Waals surface area contributed by atoms with Gasteiger partial charge in [0, 0.05) is 0 Å². The van der Waals surface area contributed by atoms with Crippen LogP contribution in [0.3, 0.4) is 0 Å². The van der Waals surface area contributed by atoms with E-state index in [9.17, 15) is 13.2 Å². The molecule has 0 spiro atoms. The number of aryl methyl sites for hydroxylation is 3. The summed E-state index contributed by atoms with van der Waals surface area (Å²) in [6.07, 6.45) is 2.87. The van der Waals surface area contributed by atoms with Gasteiger partial charge < -0.3 is 9.92 Å². The van der Waals surface area contributed by atoms with Gasteiger partial charge in [-0.15, -0.1) is 0 Å². The summed E-state index contributed by atoms with van der Waals surface area (Å²) in [7, 11) is -4.02. The van der Waals surface area contributed by atoms with Crippen LogP contribution in [0.15, 0.2) is 41.3 Å². The Morgan fingerprint density at radius 1 is 1.09 bits per heavy atom. The Balaban J connectivity index is 1.99. The van der Waals surface area contributed by atoms with E-state index in [1.54, 1.807) is 25.1 Å². The first-order valence-electron chi connectivity index (χ1n) is 7.33. The number of carbonyl (C=O) groups excluding carboxylic acids is 1. The first-order valence-corrected chi connectivity index (χ1v) is 8.74. The fourth-order valence-electron chi connectivity index (χ4n) is 2.77. The van der Waals surface area contributed by atoms with Gasteiger partial charge in [0.05, 0.1) is 5.56 Å². The topological polar surface area (TPSA) is 86.5 Å². The minimum absolute atomic E-state index is 0.0420. The molecule has 0 atom stereocenters. The molecule has 6 heteroatoms. The average Bonchev–Trinajstić information content (AvgIpc) is 2.93. The minimum Gasteiger partial charge on any atom is -0.378 e. The summed E-state index contributed by atoms with van der Waals surface area (Å²) in [5.74, 6) is -0.776. The Hall–Kier alpha value is -2.34. The molecule has 0 heterocycles. The standard InChI is InChI=1S/C17H17NO4S/c1-11-5-8-15(17(18)19)16(9-11)22-23(20,21)14-7-6-12-3-2-4-13(12)10-14/h5-10H,2-4H2,1H3,(H2,18,19). The molecule has 1 aliphatic carbocycles. The van der Waals surface area contributed by atoms with E-state index in [0.717, 1.165) is 30.4 Å². The van der Waals surface area contributed by atoms with Crippen molar-refractivity contribution in [1.82, 2.24) is 0 Å². The summed E-state index contributed by atoms with van der Waals surface area (Å²) in [6.45, 7) is 1.78. The summed E-state index contributed by atoms with van der Waals surface area (Å²) < 4.78 is 30.2. The Morgan fingerprint density at radius 3 is 2.57 bits per heavy atom. The molecule has 0 fully saturated rings. The van der Waals surface area contributed by atoms with Gasteiger partial charge in [0.25, 0.3) is 5.91 Å². The van der Waals surface area contributed by atoms with E-state index in [0.29, 0.717) is 0 Å². The van der Waals surface area contributed by atoms with E-state index >= 15 is 0 Å². The maximum atomic E-state index is 12.5. The number of fused-ring (bicyclic) bond motifs is 1. The molecule has 1 amide bonds. The molecule has 23 heavy (non-hydrogen) atoms. The lowest BCUT2D eigenvalue weighted by molar-refractivity contribution is 0.0999. The van der Waals surface area contributed by atoms with Crippen LogP contribution in [0.4, 0.5) is 0 Å². The van der Waals surface area contributed by atoms with E-state index < -0.39 is 16.0 Å². The number of hydrogen-bond donors (Lipinski definition) is 1. The minimum atomic E-state index is -4.02. The number of carbonyl (C=O) groups is 1. The summed E-state index contributed by atoms with van der Waals surface area (Å²) in [4.78, 5) is 11.5. The summed E-state index contributed by atoms with van der Waals surface area (Å²) in [5.41, 5.74) is 8.31. The lowest BCUT2D eigenvalue weighted by atomic mass is 10.1. The smallest absolute Gasteiger partial charge is 0.339 e. The second-order valence-corrected chi connectivity index (χ2v) is 7.23. The molecule has 2 aromatic rings. The number of primary amides is 1. The van der Waals surface area contributed by atoms with Crippen molar-refractivity contribution in [3.63, 3.8) is 0 Å². The highest BCUT2D eigenvalue weighted by Crippen LogP contribution is 2.28. The van der Waals surface area contributed by atoms with Crippen LogP contribution in [0.25, 0.3) is 0 Å². The molecule has 2 N–H and O–H groups in total. The highest BCUT2D eigenvalue weighted by atomic mass is 32.2. The van der Waals surface area contributed by atoms with Crippen LogP contribution in [-0.2, 0) is 23.0 Å². The van der Waals surface area contributed by atoms with Gasteiger partial charge >= 0.3 is 10.1 Å². The third-order valence-electron chi connectivity index (χ3n) is 3.96. The summed E-state index contributed by atoms with van der Waals surface area (Å²) in [5, 5.41) is 0. The molecule has 120 valence electrons. The van der Waals surface area contributed by atoms with Crippen LogP contribution in [0.5, 0.6) is 5.75 Å². The van der Waals surface area contributed by atoms with Crippen LogP contribution in [-0.4, -0.2) is 14.3 Å². The number of hydrogen-bond acceptors (Lipinski definition) is 4. The highest BCUT2D eigenvalue weighted by Gasteiger charge is 2.22. The maximum absolute atomic E-state index is 12.5. The number of rotatable bonds is 4. The Kier molecular flexibility index (Phi) is 3.85. The van der Waals surface area contributed by atoms with Crippen molar-refractivity contribution in [2.45, 2.75) is 31.1 Å². The third kappa shape index (κ3) is 3.07. The van der Waals surface area contributed by atoms with E-state index in [1.807, 2.05) is 6.07 Å². The lowest BCUT2D eigenvalue weighted by Gasteiger charge is -2.11. The second-order valence-electron chi connectivity index (χ2n) is 5.69. The fraction of sp³-hybridized carbons (Fsp3) is 0.235. The first kappa shape index (κ1) is 15.6. The van der Waals surface area contributed by atoms with Crippen molar-refractivity contribution in [3.05, 3.63) is 58.7 Å². The van der Waals surface area contributed by atoms with E-state index in [-0.39, 0.29) is 16.2 Å². The van der Waals surface area contributed by atoms with Gasteiger partial charge in [0.2, 0.25) is 0 Å². The number of amides is 1. The van der Waals surface area contributed by atoms with Crippen molar-refractivity contribution in [3.8, 4) is 5.75 Å². The molecule has 3 rings (SSSR count). The van der Waals surface area contributed by atoms with Gasteiger partial charge in [0.15, 0.2) is 5.75 Å². The van der Waals surface area contributed by atoms with Crippen molar-refractivity contribution >= 4 is 16.0 Å². The van der Waals surface area contributed by atoms with Gasteiger partial charge in [-0.05, 0) is 67.1 Å². The van der Waals surface area contributed by atoms with Crippen molar-refractivity contribution < 1.29 is 17.4 Å². The quantitative estimate of drug-likeness (QED) is 0.871. The molecule has 0 saturated heterocycles. The molecular weight excluding hydrogens is 314 g/mol. The van der Waals surface area contributed by atoms with Crippen LogP contribution >= 0.6 is 0 Å². The van der Waals surface area contributed by atoms with Crippen molar-refractivity contribution in [1.29, 1.82) is 0 Å². The van der Waals surface area contributed by atoms with Crippen LogP contribution in [0.1, 0.15) is 33.5 Å². The normalized spacial score (nSPS) is 13.6. The highest BCUT2D eigenvalue weighted by molar-refractivity contribution is 7.87. The Morgan fingerprint density at radius 2 is 1.83 bits per heavy atom. The Labute approximate surface area is 135 Å². The molecule has 0 aromatic heterocycles. The predicted octanol–water partition coefficient (Wildman–Crippen LogP) is 2.35. The molecule has 2 aromatic carbocycles. The largest absolute Gasteiger partial charge is 0.378 e. The van der Waals surface area contributed by atoms with Gasteiger partial charge in [-0.1, -0.05) is 12.1 Å². The molecule has 0 unspecified atom stereocenters. The number of nitrogens with two attached hydrogens (primary N) is 1. The van der Waals surface area contributed by atoms with E-state index in [4.69, 9.17) is 9.92 Å². The summed E-state index contributed by atoms with van der Waals surface area (Å²) >= 11 is 0. The fourth-order valence-corrected chi connectivity index (χ4v) is 3.76. The van der Waals surface area contributed by atoms with Crippen LogP contribution < -0.4 is 9.92 Å². The molecule has 1 aliphatic rings. The van der Waals surface area contributed by atoms with Gasteiger partial charge in [-0.3, -0.25) is 4.79 Å². The zero-order valence-corrected chi connectivity index (χ0v) is 13.5.